The fourth-order valence-corrected chi connectivity index (χ4v) is 2.63. The van der Waals surface area contributed by atoms with Gasteiger partial charge in [-0.1, -0.05) is 54.1 Å². The number of halogens is 1. The summed E-state index contributed by atoms with van der Waals surface area (Å²) in [4.78, 5) is 11.6. The molecule has 0 saturated carbocycles. The Kier molecular flexibility index (Phi) is 3.26. The van der Waals surface area contributed by atoms with Crippen LogP contribution in [0.2, 0.25) is 5.02 Å². The first-order chi connectivity index (χ1) is 9.24. The van der Waals surface area contributed by atoms with Crippen molar-refractivity contribution in [1.82, 2.24) is 0 Å². The highest BCUT2D eigenvalue weighted by Crippen LogP contribution is 2.42. The summed E-state index contributed by atoms with van der Waals surface area (Å²) in [5.41, 5.74) is 2.12. The maximum Gasteiger partial charge on any atom is 0.307 e. The van der Waals surface area contributed by atoms with Crippen molar-refractivity contribution in [3.05, 3.63) is 70.7 Å². The summed E-state index contributed by atoms with van der Waals surface area (Å²) >= 11 is 5.89. The summed E-state index contributed by atoms with van der Waals surface area (Å²) < 4.78 is 5.47. The Morgan fingerprint density at radius 1 is 0.947 bits per heavy atom. The smallest absolute Gasteiger partial charge is 0.307 e. The average molecular weight is 273 g/mol. The fraction of sp³-hybridized carbons (Fsp3) is 0.188. The van der Waals surface area contributed by atoms with Gasteiger partial charge < -0.3 is 4.74 Å². The van der Waals surface area contributed by atoms with E-state index in [2.05, 4.69) is 0 Å². The van der Waals surface area contributed by atoms with Crippen molar-refractivity contribution in [2.24, 2.45) is 0 Å². The molecule has 0 aliphatic carbocycles. The topological polar surface area (TPSA) is 26.3 Å². The van der Waals surface area contributed by atoms with Crippen molar-refractivity contribution in [2.75, 3.05) is 0 Å². The molecule has 0 aromatic heterocycles. The highest BCUT2D eigenvalue weighted by Gasteiger charge is 2.36. The van der Waals surface area contributed by atoms with Crippen LogP contribution in [0.25, 0.3) is 0 Å². The van der Waals surface area contributed by atoms with Crippen LogP contribution in [0, 0.1) is 0 Å². The molecule has 3 rings (SSSR count). The van der Waals surface area contributed by atoms with Crippen LogP contribution < -0.4 is 0 Å². The van der Waals surface area contributed by atoms with Gasteiger partial charge in [0.05, 0.1) is 6.42 Å². The number of cyclic esters (lactones) is 1. The maximum absolute atomic E-state index is 11.6. The average Bonchev–Trinajstić information content (AvgIpc) is 2.83. The van der Waals surface area contributed by atoms with Gasteiger partial charge in [-0.15, -0.1) is 0 Å². The number of carbonyl (C=O) groups is 1. The molecule has 2 aromatic rings. The lowest BCUT2D eigenvalue weighted by Crippen LogP contribution is -2.06. The van der Waals surface area contributed by atoms with E-state index in [4.69, 9.17) is 16.3 Å². The van der Waals surface area contributed by atoms with E-state index in [1.54, 1.807) is 0 Å². The van der Waals surface area contributed by atoms with E-state index < -0.39 is 0 Å². The number of hydrogen-bond acceptors (Lipinski definition) is 2. The summed E-state index contributed by atoms with van der Waals surface area (Å²) in [6, 6.07) is 17.5. The lowest BCUT2D eigenvalue weighted by Gasteiger charge is -2.18. The third-order valence-corrected chi connectivity index (χ3v) is 3.69. The number of ether oxygens (including phenoxy) is 1. The van der Waals surface area contributed by atoms with Gasteiger partial charge >= 0.3 is 5.97 Å². The second-order valence-electron chi connectivity index (χ2n) is 4.68. The van der Waals surface area contributed by atoms with Gasteiger partial charge in [0.25, 0.3) is 0 Å². The zero-order valence-corrected chi connectivity index (χ0v) is 11.0. The van der Waals surface area contributed by atoms with Gasteiger partial charge in [-0.25, -0.2) is 0 Å². The summed E-state index contributed by atoms with van der Waals surface area (Å²) in [6.07, 6.45) is 0.212. The number of benzene rings is 2. The first-order valence-electron chi connectivity index (χ1n) is 6.24. The van der Waals surface area contributed by atoms with Gasteiger partial charge in [-0.05, 0) is 23.3 Å². The Hall–Kier alpha value is -1.80. The van der Waals surface area contributed by atoms with Crippen molar-refractivity contribution in [2.45, 2.75) is 18.4 Å². The zero-order valence-electron chi connectivity index (χ0n) is 10.3. The number of esters is 1. The Morgan fingerprint density at radius 2 is 1.63 bits per heavy atom. The third kappa shape index (κ3) is 2.49. The summed E-state index contributed by atoms with van der Waals surface area (Å²) in [5.74, 6) is -0.0660. The van der Waals surface area contributed by atoms with Gasteiger partial charge in [-0.3, -0.25) is 4.79 Å². The van der Waals surface area contributed by atoms with E-state index in [1.807, 2.05) is 54.6 Å². The molecule has 0 spiro atoms. The summed E-state index contributed by atoms with van der Waals surface area (Å²) in [5, 5.41) is 0.685. The number of rotatable bonds is 2. The lowest BCUT2D eigenvalue weighted by atomic mass is 9.89. The quantitative estimate of drug-likeness (QED) is 0.769. The monoisotopic (exact) mass is 272 g/mol. The minimum Gasteiger partial charge on any atom is -0.457 e. The van der Waals surface area contributed by atoms with E-state index in [-0.39, 0.29) is 18.0 Å². The Bertz CT molecular complexity index is 577. The third-order valence-electron chi connectivity index (χ3n) is 3.44. The fourth-order valence-electron chi connectivity index (χ4n) is 2.50. The Labute approximate surface area is 117 Å². The molecule has 3 heteroatoms. The van der Waals surface area contributed by atoms with Crippen LogP contribution in [0.4, 0.5) is 0 Å². The van der Waals surface area contributed by atoms with Gasteiger partial charge in [0.15, 0.2) is 0 Å². The molecule has 1 fully saturated rings. The van der Waals surface area contributed by atoms with Crippen molar-refractivity contribution < 1.29 is 9.53 Å². The van der Waals surface area contributed by atoms with Crippen molar-refractivity contribution in [3.63, 3.8) is 0 Å². The number of hydrogen-bond donors (Lipinski definition) is 0. The van der Waals surface area contributed by atoms with Crippen LogP contribution in [0.5, 0.6) is 0 Å². The standard InChI is InChI=1S/C16H13ClO2/c17-13-8-6-12(7-9-13)16-14(10-15(18)19-16)11-4-2-1-3-5-11/h1-9,14,16H,10H2/t14-,16+/m0/s1. The predicted octanol–water partition coefficient (Wildman–Crippen LogP) is 4.11. The predicted molar refractivity (Wildman–Crippen MR) is 74.1 cm³/mol. The molecular formula is C16H13ClO2. The van der Waals surface area contributed by atoms with Crippen LogP contribution in [-0.4, -0.2) is 5.97 Å². The summed E-state index contributed by atoms with van der Waals surface area (Å²) in [6.45, 7) is 0. The van der Waals surface area contributed by atoms with E-state index in [0.29, 0.717) is 11.4 Å². The highest BCUT2D eigenvalue weighted by atomic mass is 35.5. The molecular weight excluding hydrogens is 260 g/mol. The SMILES string of the molecule is O=C1C[C@@H](c2ccccc2)[C@@H](c2ccc(Cl)cc2)O1. The van der Waals surface area contributed by atoms with E-state index in [0.717, 1.165) is 11.1 Å². The van der Waals surface area contributed by atoms with Gasteiger partial charge in [-0.2, -0.15) is 0 Å². The molecule has 0 radical (unpaired) electrons. The molecule has 1 heterocycles. The number of carbonyl (C=O) groups excluding carboxylic acids is 1. The minimum atomic E-state index is -0.216. The molecule has 2 aromatic carbocycles. The summed E-state index contributed by atoms with van der Waals surface area (Å²) in [7, 11) is 0. The van der Waals surface area contributed by atoms with E-state index in [9.17, 15) is 4.79 Å². The minimum absolute atomic E-state index is 0.0786. The molecule has 1 aliphatic rings. The van der Waals surface area contributed by atoms with Crippen LogP contribution in [-0.2, 0) is 9.53 Å². The van der Waals surface area contributed by atoms with Crippen LogP contribution >= 0.6 is 11.6 Å². The molecule has 96 valence electrons. The molecule has 0 amide bonds. The van der Waals surface area contributed by atoms with Gasteiger partial charge in [0, 0.05) is 10.9 Å². The zero-order chi connectivity index (χ0) is 13.2. The second-order valence-corrected chi connectivity index (χ2v) is 5.12. The van der Waals surface area contributed by atoms with Gasteiger partial charge in [0.2, 0.25) is 0 Å². The molecule has 19 heavy (non-hydrogen) atoms. The van der Waals surface area contributed by atoms with Crippen LogP contribution in [0.3, 0.4) is 0 Å². The Morgan fingerprint density at radius 3 is 2.32 bits per heavy atom. The van der Waals surface area contributed by atoms with E-state index in [1.165, 1.54) is 0 Å². The normalized spacial score (nSPS) is 22.3. The molecule has 1 saturated heterocycles. The van der Waals surface area contributed by atoms with E-state index >= 15 is 0 Å². The largest absolute Gasteiger partial charge is 0.457 e. The lowest BCUT2D eigenvalue weighted by molar-refractivity contribution is -0.141. The first-order valence-corrected chi connectivity index (χ1v) is 6.62. The van der Waals surface area contributed by atoms with Crippen LogP contribution in [0.1, 0.15) is 29.6 Å². The second kappa shape index (κ2) is 5.06. The molecule has 0 unspecified atom stereocenters. The maximum atomic E-state index is 11.6. The Balaban J connectivity index is 1.95. The van der Waals surface area contributed by atoms with Gasteiger partial charge in [0.1, 0.15) is 6.10 Å². The van der Waals surface area contributed by atoms with Crippen LogP contribution in [0.15, 0.2) is 54.6 Å². The molecule has 0 bridgehead atoms. The highest BCUT2D eigenvalue weighted by molar-refractivity contribution is 6.30. The molecule has 2 nitrogen and oxygen atoms in total. The molecule has 1 aliphatic heterocycles. The first kappa shape index (κ1) is 12.2. The van der Waals surface area contributed by atoms with Crippen molar-refractivity contribution >= 4 is 17.6 Å². The molecule has 2 atom stereocenters. The van der Waals surface area contributed by atoms with Crippen molar-refractivity contribution in [3.8, 4) is 0 Å². The molecule has 0 N–H and O–H groups in total. The van der Waals surface area contributed by atoms with Crippen molar-refractivity contribution in [1.29, 1.82) is 0 Å².